The topological polar surface area (TPSA) is 83.6 Å². The lowest BCUT2D eigenvalue weighted by Gasteiger charge is -2.31. The average molecular weight is 485 g/mol. The summed E-state index contributed by atoms with van der Waals surface area (Å²) in [4.78, 5) is 0.536. The fraction of sp³-hybridized carbons (Fsp3) is 0.280. The minimum absolute atomic E-state index is 0.239. The van der Waals surface area contributed by atoms with Crippen LogP contribution in [0, 0.1) is 27.7 Å². The highest BCUT2D eigenvalue weighted by Gasteiger charge is 2.29. The molecule has 33 heavy (non-hydrogen) atoms. The molecule has 0 aromatic heterocycles. The number of hydrogen-bond acceptors (Lipinski definition) is 4. The minimum atomic E-state index is -3.81. The van der Waals surface area contributed by atoms with E-state index in [1.165, 1.54) is 4.31 Å². The Balaban J connectivity index is 1.70. The van der Waals surface area contributed by atoms with Gasteiger partial charge in [0.05, 0.1) is 15.5 Å². The molecule has 0 radical (unpaired) electrons. The normalized spacial score (nSPS) is 14.1. The van der Waals surface area contributed by atoms with Gasteiger partial charge in [-0.25, -0.2) is 16.8 Å². The van der Waals surface area contributed by atoms with Crippen molar-refractivity contribution in [2.75, 3.05) is 15.6 Å². The van der Waals surface area contributed by atoms with E-state index in [0.29, 0.717) is 35.7 Å². The van der Waals surface area contributed by atoms with Crippen molar-refractivity contribution in [2.24, 2.45) is 0 Å². The average Bonchev–Trinajstić information content (AvgIpc) is 2.77. The molecule has 1 aliphatic heterocycles. The van der Waals surface area contributed by atoms with E-state index in [9.17, 15) is 16.8 Å². The van der Waals surface area contributed by atoms with Crippen LogP contribution in [0.1, 0.15) is 34.2 Å². The molecule has 0 atom stereocenters. The van der Waals surface area contributed by atoms with E-state index in [4.69, 9.17) is 0 Å². The zero-order valence-electron chi connectivity index (χ0n) is 19.2. The van der Waals surface area contributed by atoms with Gasteiger partial charge in [-0.05, 0) is 98.7 Å². The predicted molar refractivity (Wildman–Crippen MR) is 132 cm³/mol. The molecule has 1 N–H and O–H groups in total. The van der Waals surface area contributed by atoms with E-state index >= 15 is 0 Å². The molecule has 0 unspecified atom stereocenters. The van der Waals surface area contributed by atoms with Gasteiger partial charge in [-0.1, -0.05) is 24.3 Å². The molecular formula is C25H28N2O4S2. The standard InChI is InChI=1S/C25H28N2O4S2/c1-17-15-18(2)20(4)25(19(17)3)32(28,29)26-22-12-13-24-21(16-22)9-8-14-27(24)33(30,31)23-10-6-5-7-11-23/h5-7,10-13,15-16,26H,8-9,14H2,1-4H3. The molecule has 3 aromatic carbocycles. The Kier molecular flexibility index (Phi) is 6.01. The van der Waals surface area contributed by atoms with Crippen LogP contribution >= 0.6 is 0 Å². The second-order valence-corrected chi connectivity index (χ2v) is 12.0. The molecule has 1 heterocycles. The lowest BCUT2D eigenvalue weighted by atomic mass is 10.0. The summed E-state index contributed by atoms with van der Waals surface area (Å²) in [7, 11) is -7.51. The lowest BCUT2D eigenvalue weighted by Crippen LogP contribution is -2.35. The molecular weight excluding hydrogens is 456 g/mol. The summed E-state index contributed by atoms with van der Waals surface area (Å²) < 4.78 is 57.1. The Bertz CT molecular complexity index is 1400. The molecule has 6 nitrogen and oxygen atoms in total. The Morgan fingerprint density at radius 1 is 0.818 bits per heavy atom. The number of benzene rings is 3. The van der Waals surface area contributed by atoms with Crippen LogP contribution in [0.3, 0.4) is 0 Å². The Labute approximate surface area is 196 Å². The maximum atomic E-state index is 13.3. The van der Waals surface area contributed by atoms with Gasteiger partial charge in [0.2, 0.25) is 0 Å². The van der Waals surface area contributed by atoms with E-state index in [0.717, 1.165) is 27.8 Å². The van der Waals surface area contributed by atoms with Crippen molar-refractivity contribution in [1.29, 1.82) is 0 Å². The highest BCUT2D eigenvalue weighted by molar-refractivity contribution is 7.93. The molecule has 0 saturated heterocycles. The summed E-state index contributed by atoms with van der Waals surface area (Å²) in [6.45, 7) is 7.82. The van der Waals surface area contributed by atoms with Crippen molar-refractivity contribution < 1.29 is 16.8 Å². The number of hydrogen-bond donors (Lipinski definition) is 1. The summed E-state index contributed by atoms with van der Waals surface area (Å²) >= 11 is 0. The Morgan fingerprint density at radius 2 is 1.45 bits per heavy atom. The van der Waals surface area contributed by atoms with Crippen LogP contribution in [0.5, 0.6) is 0 Å². The molecule has 3 aromatic rings. The van der Waals surface area contributed by atoms with Crippen molar-refractivity contribution in [1.82, 2.24) is 0 Å². The zero-order chi connectivity index (χ0) is 24.0. The number of sulfonamides is 2. The third-order valence-electron chi connectivity index (χ3n) is 6.30. The minimum Gasteiger partial charge on any atom is -0.280 e. The van der Waals surface area contributed by atoms with Gasteiger partial charge in [0.15, 0.2) is 0 Å². The van der Waals surface area contributed by atoms with Gasteiger partial charge in [0, 0.05) is 12.2 Å². The first-order valence-corrected chi connectivity index (χ1v) is 13.8. The van der Waals surface area contributed by atoms with Gasteiger partial charge >= 0.3 is 0 Å². The van der Waals surface area contributed by atoms with Crippen molar-refractivity contribution in [3.8, 4) is 0 Å². The van der Waals surface area contributed by atoms with E-state index in [2.05, 4.69) is 4.72 Å². The number of aryl methyl sites for hydroxylation is 3. The van der Waals surface area contributed by atoms with Gasteiger partial charge in [-0.15, -0.1) is 0 Å². The van der Waals surface area contributed by atoms with Gasteiger partial charge in [0.25, 0.3) is 20.0 Å². The van der Waals surface area contributed by atoms with E-state index in [-0.39, 0.29) is 4.90 Å². The first-order valence-electron chi connectivity index (χ1n) is 10.8. The number of nitrogens with one attached hydrogen (secondary N) is 1. The second-order valence-electron chi connectivity index (χ2n) is 8.53. The maximum absolute atomic E-state index is 13.3. The second kappa shape index (κ2) is 8.50. The first kappa shape index (κ1) is 23.3. The predicted octanol–water partition coefficient (Wildman–Crippen LogP) is 4.86. The van der Waals surface area contributed by atoms with Gasteiger partial charge in [0.1, 0.15) is 0 Å². The zero-order valence-corrected chi connectivity index (χ0v) is 20.8. The number of anilines is 2. The molecule has 0 spiro atoms. The largest absolute Gasteiger partial charge is 0.280 e. The molecule has 174 valence electrons. The molecule has 0 saturated carbocycles. The highest BCUT2D eigenvalue weighted by atomic mass is 32.2. The van der Waals surface area contributed by atoms with Crippen molar-refractivity contribution in [3.63, 3.8) is 0 Å². The van der Waals surface area contributed by atoms with Crippen LogP contribution < -0.4 is 9.03 Å². The molecule has 0 aliphatic carbocycles. The smallest absolute Gasteiger partial charge is 0.264 e. The quantitative estimate of drug-likeness (QED) is 0.560. The molecule has 0 amide bonds. The fourth-order valence-corrected chi connectivity index (χ4v) is 7.61. The Hall–Kier alpha value is -2.84. The van der Waals surface area contributed by atoms with Crippen molar-refractivity contribution in [2.45, 2.75) is 50.3 Å². The summed E-state index contributed by atoms with van der Waals surface area (Å²) in [5.74, 6) is 0. The maximum Gasteiger partial charge on any atom is 0.264 e. The SMILES string of the molecule is Cc1cc(C)c(C)c(S(=O)(=O)Nc2ccc3c(c2)CCCN3S(=O)(=O)c2ccccc2)c1C. The Morgan fingerprint density at radius 3 is 2.09 bits per heavy atom. The van der Waals surface area contributed by atoms with Gasteiger partial charge in [-0.3, -0.25) is 9.03 Å². The van der Waals surface area contributed by atoms with Crippen LogP contribution in [0.2, 0.25) is 0 Å². The fourth-order valence-electron chi connectivity index (χ4n) is 4.39. The first-order chi connectivity index (χ1) is 15.5. The van der Waals surface area contributed by atoms with E-state index in [1.54, 1.807) is 48.5 Å². The van der Waals surface area contributed by atoms with Gasteiger partial charge < -0.3 is 0 Å². The molecule has 8 heteroatoms. The van der Waals surface area contributed by atoms with Crippen molar-refractivity contribution >= 4 is 31.4 Å². The van der Waals surface area contributed by atoms with E-state index < -0.39 is 20.0 Å². The van der Waals surface area contributed by atoms with E-state index in [1.807, 2.05) is 33.8 Å². The number of fused-ring (bicyclic) bond motifs is 1. The van der Waals surface area contributed by atoms with Crippen LogP contribution in [-0.4, -0.2) is 23.4 Å². The molecule has 1 aliphatic rings. The van der Waals surface area contributed by atoms with Gasteiger partial charge in [-0.2, -0.15) is 0 Å². The summed E-state index contributed by atoms with van der Waals surface area (Å²) in [6.07, 6.45) is 1.33. The third-order valence-corrected chi connectivity index (χ3v) is 9.79. The van der Waals surface area contributed by atoms with Crippen LogP contribution in [0.4, 0.5) is 11.4 Å². The summed E-state index contributed by atoms with van der Waals surface area (Å²) in [6, 6.07) is 15.4. The monoisotopic (exact) mass is 484 g/mol. The highest BCUT2D eigenvalue weighted by Crippen LogP contribution is 2.35. The van der Waals surface area contributed by atoms with Crippen LogP contribution in [0.15, 0.2) is 64.4 Å². The van der Waals surface area contributed by atoms with Crippen molar-refractivity contribution in [3.05, 3.63) is 82.4 Å². The molecule has 0 fully saturated rings. The molecule has 0 bridgehead atoms. The summed E-state index contributed by atoms with van der Waals surface area (Å²) in [5, 5.41) is 0. The molecule has 4 rings (SSSR count). The lowest BCUT2D eigenvalue weighted by molar-refractivity contribution is 0.586. The van der Waals surface area contributed by atoms with Crippen LogP contribution in [-0.2, 0) is 26.5 Å². The number of rotatable bonds is 5. The number of nitrogens with zero attached hydrogens (tertiary/aromatic N) is 1. The van der Waals surface area contributed by atoms with Crippen LogP contribution in [0.25, 0.3) is 0 Å². The third kappa shape index (κ3) is 4.25. The summed E-state index contributed by atoms with van der Waals surface area (Å²) in [5.41, 5.74) is 5.11.